The Morgan fingerprint density at radius 2 is 2.17 bits per heavy atom. The van der Waals surface area contributed by atoms with Crippen molar-refractivity contribution in [1.82, 2.24) is 0 Å². The number of halogens is 1. The molecule has 0 bridgehead atoms. The lowest BCUT2D eigenvalue weighted by molar-refractivity contribution is -0.151. The number of ether oxygens (including phenoxy) is 2. The minimum atomic E-state index is -1.20. The molecular weight excluding hydrogens is 254 g/mol. The molecule has 0 amide bonds. The molecule has 5 heteroatoms. The van der Waals surface area contributed by atoms with Gasteiger partial charge >= 0.3 is 5.97 Å². The standard InChI is InChI=1S/C13H16ClNO3/c1-12(2)7-13(15,11(16)17-3)9-5-4-8(14)6-10(9)18-12/h4-6H,7,15H2,1-3H3. The fourth-order valence-electron chi connectivity index (χ4n) is 2.41. The summed E-state index contributed by atoms with van der Waals surface area (Å²) < 4.78 is 10.6. The SMILES string of the molecule is COC(=O)C1(N)CC(C)(C)Oc2cc(Cl)ccc21. The van der Waals surface area contributed by atoms with Crippen LogP contribution in [0.3, 0.4) is 0 Å². The molecule has 1 aliphatic rings. The van der Waals surface area contributed by atoms with E-state index >= 15 is 0 Å². The number of carbonyl (C=O) groups excluding carboxylic acids is 1. The third-order valence-corrected chi connectivity index (χ3v) is 3.30. The maximum Gasteiger partial charge on any atom is 0.330 e. The predicted molar refractivity (Wildman–Crippen MR) is 68.7 cm³/mol. The maximum atomic E-state index is 12.0. The van der Waals surface area contributed by atoms with Crippen molar-refractivity contribution in [2.45, 2.75) is 31.4 Å². The molecule has 1 unspecified atom stereocenters. The summed E-state index contributed by atoms with van der Waals surface area (Å²) in [5.41, 5.74) is 5.11. The minimum absolute atomic E-state index is 0.349. The first kappa shape index (κ1) is 13.2. The largest absolute Gasteiger partial charge is 0.487 e. The molecule has 1 heterocycles. The Morgan fingerprint density at radius 3 is 2.78 bits per heavy atom. The second kappa shape index (κ2) is 4.14. The summed E-state index contributed by atoms with van der Waals surface area (Å²) in [5.74, 6) is 0.0640. The van der Waals surface area contributed by atoms with Crippen LogP contribution in [0.15, 0.2) is 18.2 Å². The van der Waals surface area contributed by atoms with Crippen molar-refractivity contribution in [3.05, 3.63) is 28.8 Å². The van der Waals surface area contributed by atoms with Crippen molar-refractivity contribution in [2.24, 2.45) is 5.73 Å². The van der Waals surface area contributed by atoms with Gasteiger partial charge in [-0.1, -0.05) is 17.7 Å². The molecule has 1 atom stereocenters. The topological polar surface area (TPSA) is 61.5 Å². The summed E-state index contributed by atoms with van der Waals surface area (Å²) in [6.07, 6.45) is 0.349. The Labute approximate surface area is 111 Å². The van der Waals surface area contributed by atoms with Crippen molar-refractivity contribution in [2.75, 3.05) is 7.11 Å². The highest BCUT2D eigenvalue weighted by Crippen LogP contribution is 2.43. The molecule has 0 radical (unpaired) electrons. The number of benzene rings is 1. The van der Waals surface area contributed by atoms with Gasteiger partial charge in [-0.25, -0.2) is 4.79 Å². The van der Waals surface area contributed by atoms with E-state index in [0.717, 1.165) is 0 Å². The van der Waals surface area contributed by atoms with Gasteiger partial charge in [-0.15, -0.1) is 0 Å². The van der Waals surface area contributed by atoms with E-state index < -0.39 is 17.1 Å². The lowest BCUT2D eigenvalue weighted by atomic mass is 9.78. The van der Waals surface area contributed by atoms with Gasteiger partial charge in [0.2, 0.25) is 0 Å². The van der Waals surface area contributed by atoms with Gasteiger partial charge in [-0.3, -0.25) is 0 Å². The summed E-state index contributed by atoms with van der Waals surface area (Å²) in [6.45, 7) is 3.75. The highest BCUT2D eigenvalue weighted by atomic mass is 35.5. The molecule has 0 aromatic heterocycles. The van der Waals surface area contributed by atoms with E-state index in [2.05, 4.69) is 0 Å². The fourth-order valence-corrected chi connectivity index (χ4v) is 2.58. The molecule has 1 aromatic rings. The number of rotatable bonds is 1. The molecule has 0 fully saturated rings. The summed E-state index contributed by atoms with van der Waals surface area (Å²) in [7, 11) is 1.33. The number of hydrogen-bond donors (Lipinski definition) is 1. The molecule has 2 rings (SSSR count). The first-order chi connectivity index (χ1) is 8.28. The Kier molecular flexibility index (Phi) is 3.03. The Morgan fingerprint density at radius 1 is 1.50 bits per heavy atom. The van der Waals surface area contributed by atoms with E-state index in [1.807, 2.05) is 13.8 Å². The Hall–Kier alpha value is -1.26. The van der Waals surface area contributed by atoms with Gasteiger partial charge in [0.05, 0.1) is 7.11 Å². The lowest BCUT2D eigenvalue weighted by Crippen LogP contribution is -2.54. The molecule has 0 saturated heterocycles. The molecular formula is C13H16ClNO3. The van der Waals surface area contributed by atoms with Crippen molar-refractivity contribution in [3.63, 3.8) is 0 Å². The first-order valence-corrected chi connectivity index (χ1v) is 6.03. The number of methoxy groups -OCH3 is 1. The van der Waals surface area contributed by atoms with Crippen LogP contribution in [0, 0.1) is 0 Å². The van der Waals surface area contributed by atoms with Crippen LogP contribution < -0.4 is 10.5 Å². The van der Waals surface area contributed by atoms with Gasteiger partial charge in [0.25, 0.3) is 0 Å². The predicted octanol–water partition coefficient (Wildman–Crippen LogP) is 2.23. The Balaban J connectivity index is 2.60. The monoisotopic (exact) mass is 269 g/mol. The van der Waals surface area contributed by atoms with E-state index in [0.29, 0.717) is 22.8 Å². The summed E-state index contributed by atoms with van der Waals surface area (Å²) in [5, 5.41) is 0.540. The highest BCUT2D eigenvalue weighted by molar-refractivity contribution is 6.30. The summed E-state index contributed by atoms with van der Waals surface area (Å²) in [6, 6.07) is 5.07. The van der Waals surface area contributed by atoms with E-state index in [-0.39, 0.29) is 0 Å². The molecule has 4 nitrogen and oxygen atoms in total. The van der Waals surface area contributed by atoms with Crippen LogP contribution >= 0.6 is 11.6 Å². The molecule has 18 heavy (non-hydrogen) atoms. The number of nitrogens with two attached hydrogens (primary N) is 1. The van der Waals surface area contributed by atoms with E-state index in [9.17, 15) is 4.79 Å². The average Bonchev–Trinajstić information content (AvgIpc) is 2.25. The zero-order valence-electron chi connectivity index (χ0n) is 10.6. The van der Waals surface area contributed by atoms with Gasteiger partial charge in [-0.2, -0.15) is 0 Å². The van der Waals surface area contributed by atoms with Gasteiger partial charge in [-0.05, 0) is 26.0 Å². The average molecular weight is 270 g/mol. The van der Waals surface area contributed by atoms with E-state index in [1.165, 1.54) is 7.11 Å². The van der Waals surface area contributed by atoms with E-state index in [1.54, 1.807) is 18.2 Å². The second-order valence-electron chi connectivity index (χ2n) is 5.14. The van der Waals surface area contributed by atoms with Gasteiger partial charge in [0.1, 0.15) is 16.9 Å². The van der Waals surface area contributed by atoms with Gasteiger partial charge < -0.3 is 15.2 Å². The first-order valence-electron chi connectivity index (χ1n) is 5.65. The number of fused-ring (bicyclic) bond motifs is 1. The molecule has 1 aromatic carbocycles. The van der Waals surface area contributed by atoms with Crippen LogP contribution in [-0.2, 0) is 15.1 Å². The quantitative estimate of drug-likeness (QED) is 0.794. The number of carbonyl (C=O) groups is 1. The van der Waals surface area contributed by atoms with Crippen molar-refractivity contribution in [1.29, 1.82) is 0 Å². The molecule has 0 saturated carbocycles. The zero-order chi connectivity index (χ0) is 13.6. The molecule has 98 valence electrons. The summed E-state index contributed by atoms with van der Waals surface area (Å²) in [4.78, 5) is 12.0. The second-order valence-corrected chi connectivity index (χ2v) is 5.58. The molecule has 1 aliphatic heterocycles. The van der Waals surface area contributed by atoms with Crippen LogP contribution in [0.25, 0.3) is 0 Å². The van der Waals surface area contributed by atoms with Gasteiger partial charge in [0, 0.05) is 17.0 Å². The van der Waals surface area contributed by atoms with Gasteiger partial charge in [0.15, 0.2) is 0 Å². The molecule has 0 aliphatic carbocycles. The van der Waals surface area contributed by atoms with Crippen molar-refractivity contribution in [3.8, 4) is 5.75 Å². The third-order valence-electron chi connectivity index (χ3n) is 3.06. The van der Waals surface area contributed by atoms with Crippen LogP contribution in [0.5, 0.6) is 5.75 Å². The third kappa shape index (κ3) is 2.06. The molecule has 0 spiro atoms. The number of esters is 1. The van der Waals surface area contributed by atoms with Crippen molar-refractivity contribution < 1.29 is 14.3 Å². The number of hydrogen-bond acceptors (Lipinski definition) is 4. The highest BCUT2D eigenvalue weighted by Gasteiger charge is 2.48. The minimum Gasteiger partial charge on any atom is -0.487 e. The zero-order valence-corrected chi connectivity index (χ0v) is 11.4. The lowest BCUT2D eigenvalue weighted by Gasteiger charge is -2.42. The normalized spacial score (nSPS) is 24.9. The Bertz CT molecular complexity index is 501. The van der Waals surface area contributed by atoms with E-state index in [4.69, 9.17) is 26.8 Å². The summed E-state index contributed by atoms with van der Waals surface area (Å²) >= 11 is 5.94. The van der Waals surface area contributed by atoms with Crippen LogP contribution in [-0.4, -0.2) is 18.7 Å². The van der Waals surface area contributed by atoms with Crippen molar-refractivity contribution >= 4 is 17.6 Å². The smallest absolute Gasteiger partial charge is 0.330 e. The van der Waals surface area contributed by atoms with Crippen LogP contribution in [0.1, 0.15) is 25.8 Å². The van der Waals surface area contributed by atoms with Crippen LogP contribution in [0.2, 0.25) is 5.02 Å². The maximum absolute atomic E-state index is 12.0. The fraction of sp³-hybridized carbons (Fsp3) is 0.462. The molecule has 2 N–H and O–H groups in total. The van der Waals surface area contributed by atoms with Crippen LogP contribution in [0.4, 0.5) is 0 Å².